The van der Waals surface area contributed by atoms with Crippen molar-refractivity contribution in [2.45, 2.75) is 43.7 Å². The highest BCUT2D eigenvalue weighted by Crippen LogP contribution is 2.43. The number of urea groups is 1. The maximum absolute atomic E-state index is 12.7. The van der Waals surface area contributed by atoms with Gasteiger partial charge in [0.15, 0.2) is 0 Å². The first-order valence-corrected chi connectivity index (χ1v) is 8.87. The number of hydrogen-bond donors (Lipinski definition) is 0. The molecule has 23 heavy (non-hydrogen) atoms. The smallest absolute Gasteiger partial charge is 0.320 e. The highest BCUT2D eigenvalue weighted by atomic mass is 35.5. The molecule has 6 heteroatoms. The molecule has 1 unspecified atom stereocenters. The van der Waals surface area contributed by atoms with Gasteiger partial charge < -0.3 is 14.7 Å². The summed E-state index contributed by atoms with van der Waals surface area (Å²) in [5.74, 6) is 0. The second-order valence-electron chi connectivity index (χ2n) is 7.15. The second-order valence-corrected chi connectivity index (χ2v) is 7.59. The predicted octanol–water partition coefficient (Wildman–Crippen LogP) is 2.99. The fourth-order valence-electron chi connectivity index (χ4n) is 4.27. The molecule has 0 radical (unpaired) electrons. The van der Waals surface area contributed by atoms with Crippen LogP contribution in [-0.2, 0) is 0 Å². The lowest BCUT2D eigenvalue weighted by Gasteiger charge is -2.43. The van der Waals surface area contributed by atoms with Gasteiger partial charge in [-0.25, -0.2) is 4.79 Å². The van der Waals surface area contributed by atoms with Crippen LogP contribution in [0, 0.1) is 0 Å². The van der Waals surface area contributed by atoms with E-state index >= 15 is 0 Å². The first kappa shape index (κ1) is 15.1. The van der Waals surface area contributed by atoms with Crippen molar-refractivity contribution in [3.63, 3.8) is 0 Å². The van der Waals surface area contributed by atoms with Crippen molar-refractivity contribution in [1.29, 1.82) is 0 Å². The molecule has 4 rings (SSSR count). The Bertz CT molecular complexity index is 618. The largest absolute Gasteiger partial charge is 0.368 e. The van der Waals surface area contributed by atoms with Gasteiger partial charge in [0, 0.05) is 32.9 Å². The number of halogens is 1. The molecule has 3 aliphatic rings. The fourth-order valence-corrected chi connectivity index (χ4v) is 4.44. The van der Waals surface area contributed by atoms with Crippen LogP contribution in [0.2, 0.25) is 5.02 Å². The number of nitrogens with zero attached hydrogens (tertiary/aromatic N) is 4. The highest BCUT2D eigenvalue weighted by molar-refractivity contribution is 6.30. The average molecular weight is 335 g/mol. The Hall–Kier alpha value is -1.49. The Balaban J connectivity index is 1.50. The van der Waals surface area contributed by atoms with Crippen LogP contribution < -0.4 is 4.90 Å². The zero-order valence-electron chi connectivity index (χ0n) is 13.5. The van der Waals surface area contributed by atoms with Crippen molar-refractivity contribution in [3.05, 3.63) is 23.5 Å². The third kappa shape index (κ3) is 2.45. The molecule has 3 heterocycles. The van der Waals surface area contributed by atoms with Crippen LogP contribution in [0.1, 0.15) is 32.1 Å². The van der Waals surface area contributed by atoms with E-state index in [4.69, 9.17) is 11.6 Å². The molecule has 2 aliphatic heterocycles. The van der Waals surface area contributed by atoms with Gasteiger partial charge in [-0.15, -0.1) is 0 Å². The molecule has 3 fully saturated rings. The van der Waals surface area contributed by atoms with Crippen molar-refractivity contribution in [1.82, 2.24) is 14.8 Å². The minimum atomic E-state index is 0.122. The van der Waals surface area contributed by atoms with Crippen LogP contribution in [0.15, 0.2) is 18.5 Å². The minimum Gasteiger partial charge on any atom is -0.368 e. The van der Waals surface area contributed by atoms with E-state index in [1.807, 2.05) is 24.2 Å². The molecule has 2 saturated heterocycles. The maximum Gasteiger partial charge on any atom is 0.320 e. The summed E-state index contributed by atoms with van der Waals surface area (Å²) in [6, 6.07) is 2.46. The Morgan fingerprint density at radius 1 is 1.30 bits per heavy atom. The van der Waals surface area contributed by atoms with Gasteiger partial charge in [0.05, 0.1) is 28.5 Å². The number of hydrogen-bond acceptors (Lipinski definition) is 3. The summed E-state index contributed by atoms with van der Waals surface area (Å²) in [7, 11) is 1.98. The normalized spacial score (nSPS) is 26.8. The minimum absolute atomic E-state index is 0.122. The van der Waals surface area contributed by atoms with E-state index in [9.17, 15) is 4.79 Å². The van der Waals surface area contributed by atoms with E-state index in [-0.39, 0.29) is 17.6 Å². The van der Waals surface area contributed by atoms with Crippen LogP contribution in [0.3, 0.4) is 0 Å². The zero-order chi connectivity index (χ0) is 16.0. The predicted molar refractivity (Wildman–Crippen MR) is 90.9 cm³/mol. The molecule has 1 atom stereocenters. The molecule has 0 aromatic carbocycles. The number of likely N-dealkylation sites (N-methyl/N-ethyl adjacent to an activating group) is 1. The number of carbonyl (C=O) groups is 1. The van der Waals surface area contributed by atoms with Gasteiger partial charge in [-0.05, 0) is 38.2 Å². The molecular weight excluding hydrogens is 312 g/mol. The van der Waals surface area contributed by atoms with Crippen molar-refractivity contribution < 1.29 is 4.79 Å². The molecule has 1 aliphatic carbocycles. The summed E-state index contributed by atoms with van der Waals surface area (Å²) in [6.07, 6.45) is 9.25. The van der Waals surface area contributed by atoms with E-state index in [0.717, 1.165) is 51.0 Å². The van der Waals surface area contributed by atoms with Crippen LogP contribution in [-0.4, -0.2) is 59.1 Å². The Morgan fingerprint density at radius 3 is 2.78 bits per heavy atom. The van der Waals surface area contributed by atoms with E-state index in [2.05, 4.69) is 14.8 Å². The summed E-state index contributed by atoms with van der Waals surface area (Å²) in [5, 5.41) is 0.662. The molecule has 1 saturated carbocycles. The summed E-state index contributed by atoms with van der Waals surface area (Å²) in [5.41, 5.74) is 1.18. The number of carbonyl (C=O) groups excluding carboxylic acids is 1. The lowest BCUT2D eigenvalue weighted by molar-refractivity contribution is 0.104. The molecule has 1 aromatic heterocycles. The number of piperidine rings is 1. The van der Waals surface area contributed by atoms with Crippen molar-refractivity contribution in [3.8, 4) is 0 Å². The second kappa shape index (κ2) is 5.55. The van der Waals surface area contributed by atoms with Gasteiger partial charge >= 0.3 is 6.03 Å². The highest BCUT2D eigenvalue weighted by Gasteiger charge is 2.52. The number of amides is 2. The fraction of sp³-hybridized carbons (Fsp3) is 0.647. The van der Waals surface area contributed by atoms with Crippen LogP contribution in [0.4, 0.5) is 10.5 Å². The first-order valence-electron chi connectivity index (χ1n) is 8.49. The summed E-state index contributed by atoms with van der Waals surface area (Å²) >= 11 is 6.07. The molecule has 1 aromatic rings. The summed E-state index contributed by atoms with van der Waals surface area (Å²) in [6.45, 7) is 2.77. The molecule has 0 bridgehead atoms. The molecule has 124 valence electrons. The molecule has 1 spiro atoms. The van der Waals surface area contributed by atoms with Crippen molar-refractivity contribution in [2.75, 3.05) is 31.6 Å². The number of anilines is 1. The Morgan fingerprint density at radius 2 is 2.13 bits per heavy atom. The third-order valence-electron chi connectivity index (χ3n) is 5.89. The molecule has 2 amide bonds. The maximum atomic E-state index is 12.7. The topological polar surface area (TPSA) is 39.7 Å². The van der Waals surface area contributed by atoms with Crippen molar-refractivity contribution >= 4 is 23.3 Å². The third-order valence-corrected chi connectivity index (χ3v) is 6.09. The zero-order valence-corrected chi connectivity index (χ0v) is 14.3. The van der Waals surface area contributed by atoms with Gasteiger partial charge in [-0.2, -0.15) is 0 Å². The van der Waals surface area contributed by atoms with Gasteiger partial charge in [-0.3, -0.25) is 4.98 Å². The quantitative estimate of drug-likeness (QED) is 0.834. The first-order chi connectivity index (χ1) is 11.1. The van der Waals surface area contributed by atoms with Gasteiger partial charge in [0.2, 0.25) is 0 Å². The van der Waals surface area contributed by atoms with E-state index in [1.54, 1.807) is 6.20 Å². The summed E-state index contributed by atoms with van der Waals surface area (Å²) in [4.78, 5) is 23.3. The monoisotopic (exact) mass is 334 g/mol. The van der Waals surface area contributed by atoms with Gasteiger partial charge in [-0.1, -0.05) is 11.6 Å². The Kier molecular flexibility index (Phi) is 3.63. The van der Waals surface area contributed by atoms with E-state index < -0.39 is 0 Å². The standard InChI is InChI=1S/C17H23ClN4O/c1-20-16(23)22(12-17(20)5-3-6-17)14-4-2-7-21(11-14)15-8-13(18)9-19-10-15/h8-10,14H,2-7,11-12H2,1H3. The molecule has 0 N–H and O–H groups in total. The summed E-state index contributed by atoms with van der Waals surface area (Å²) < 4.78 is 0. The number of aromatic nitrogens is 1. The average Bonchev–Trinajstić information content (AvgIpc) is 2.80. The molecular formula is C17H23ClN4O. The number of pyridine rings is 1. The molecule has 5 nitrogen and oxygen atoms in total. The van der Waals surface area contributed by atoms with Crippen molar-refractivity contribution in [2.24, 2.45) is 0 Å². The van der Waals surface area contributed by atoms with Gasteiger partial charge in [0.25, 0.3) is 0 Å². The number of rotatable bonds is 2. The Labute approximate surface area is 142 Å². The van der Waals surface area contributed by atoms with E-state index in [0.29, 0.717) is 5.02 Å². The van der Waals surface area contributed by atoms with Gasteiger partial charge in [0.1, 0.15) is 0 Å². The van der Waals surface area contributed by atoms with Crippen LogP contribution in [0.5, 0.6) is 0 Å². The van der Waals surface area contributed by atoms with E-state index in [1.165, 1.54) is 6.42 Å². The van der Waals surface area contributed by atoms with Crippen LogP contribution in [0.25, 0.3) is 0 Å². The lowest BCUT2D eigenvalue weighted by Crippen LogP contribution is -2.51. The van der Waals surface area contributed by atoms with Crippen LogP contribution >= 0.6 is 11.6 Å². The SMILES string of the molecule is CN1C(=O)N(C2CCCN(c3cncc(Cl)c3)C2)CC12CCC2. The lowest BCUT2D eigenvalue weighted by atomic mass is 9.76.